The van der Waals surface area contributed by atoms with E-state index in [0.717, 1.165) is 34.7 Å². The number of hydrogen-bond donors (Lipinski definition) is 1. The SMILES string of the molecule is O=C(O)c1sc2ccccc2c1CN1CC2CCC1C2. The van der Waals surface area contributed by atoms with Crippen molar-refractivity contribution in [2.24, 2.45) is 5.92 Å². The topological polar surface area (TPSA) is 40.5 Å². The van der Waals surface area contributed by atoms with Crippen LogP contribution in [0.2, 0.25) is 0 Å². The van der Waals surface area contributed by atoms with Gasteiger partial charge in [0.15, 0.2) is 0 Å². The van der Waals surface area contributed by atoms with Gasteiger partial charge in [-0.15, -0.1) is 11.3 Å². The van der Waals surface area contributed by atoms with Crippen molar-refractivity contribution in [2.75, 3.05) is 6.54 Å². The number of fused-ring (bicyclic) bond motifs is 3. The minimum Gasteiger partial charge on any atom is -0.477 e. The van der Waals surface area contributed by atoms with E-state index in [2.05, 4.69) is 11.0 Å². The molecule has 0 amide bonds. The van der Waals surface area contributed by atoms with Crippen LogP contribution in [0.15, 0.2) is 24.3 Å². The van der Waals surface area contributed by atoms with Crippen molar-refractivity contribution in [1.82, 2.24) is 4.90 Å². The molecule has 2 aliphatic rings. The number of likely N-dealkylation sites (tertiary alicyclic amines) is 1. The first kappa shape index (κ1) is 12.4. The highest BCUT2D eigenvalue weighted by Gasteiger charge is 2.38. The molecule has 3 nitrogen and oxygen atoms in total. The molecule has 2 heterocycles. The smallest absolute Gasteiger partial charge is 0.346 e. The van der Waals surface area contributed by atoms with E-state index in [1.807, 2.05) is 18.2 Å². The Morgan fingerprint density at radius 2 is 2.20 bits per heavy atom. The van der Waals surface area contributed by atoms with Crippen LogP contribution >= 0.6 is 11.3 Å². The molecule has 2 unspecified atom stereocenters. The van der Waals surface area contributed by atoms with E-state index < -0.39 is 5.97 Å². The van der Waals surface area contributed by atoms with Gasteiger partial charge in [-0.05, 0) is 42.2 Å². The number of carboxylic acid groups (broad SMARTS) is 1. The molecule has 1 aliphatic carbocycles. The molecule has 0 radical (unpaired) electrons. The maximum atomic E-state index is 11.5. The van der Waals surface area contributed by atoms with E-state index in [1.165, 1.54) is 30.6 Å². The predicted molar refractivity (Wildman–Crippen MR) is 80.3 cm³/mol. The number of benzene rings is 1. The van der Waals surface area contributed by atoms with E-state index in [1.54, 1.807) is 0 Å². The average Bonchev–Trinajstić information content (AvgIpc) is 3.13. The van der Waals surface area contributed by atoms with Gasteiger partial charge < -0.3 is 5.11 Å². The summed E-state index contributed by atoms with van der Waals surface area (Å²) in [5.41, 5.74) is 1.02. The zero-order chi connectivity index (χ0) is 13.7. The van der Waals surface area contributed by atoms with E-state index in [-0.39, 0.29) is 0 Å². The van der Waals surface area contributed by atoms with Crippen LogP contribution in [0.5, 0.6) is 0 Å². The number of carboxylic acids is 1. The lowest BCUT2D eigenvalue weighted by molar-refractivity contribution is 0.0699. The quantitative estimate of drug-likeness (QED) is 0.938. The van der Waals surface area contributed by atoms with Crippen molar-refractivity contribution in [3.05, 3.63) is 34.7 Å². The number of hydrogen-bond acceptors (Lipinski definition) is 3. The summed E-state index contributed by atoms with van der Waals surface area (Å²) < 4.78 is 1.09. The maximum Gasteiger partial charge on any atom is 0.346 e. The minimum absolute atomic E-state index is 0.522. The van der Waals surface area contributed by atoms with Gasteiger partial charge in [0.25, 0.3) is 0 Å². The predicted octanol–water partition coefficient (Wildman–Crippen LogP) is 3.58. The fourth-order valence-corrected chi connectivity index (χ4v) is 4.90. The molecular formula is C16H17NO2S. The van der Waals surface area contributed by atoms with Gasteiger partial charge in [0.2, 0.25) is 0 Å². The van der Waals surface area contributed by atoms with Crippen LogP contribution < -0.4 is 0 Å². The summed E-state index contributed by atoms with van der Waals surface area (Å²) in [4.78, 5) is 14.5. The molecule has 4 rings (SSSR count). The van der Waals surface area contributed by atoms with E-state index >= 15 is 0 Å². The lowest BCUT2D eigenvalue weighted by Gasteiger charge is -2.26. The van der Waals surface area contributed by atoms with Crippen molar-refractivity contribution in [3.63, 3.8) is 0 Å². The van der Waals surface area contributed by atoms with Crippen molar-refractivity contribution >= 4 is 27.4 Å². The Labute approximate surface area is 121 Å². The molecule has 1 aliphatic heterocycles. The van der Waals surface area contributed by atoms with Gasteiger partial charge >= 0.3 is 5.97 Å². The second-order valence-electron chi connectivity index (χ2n) is 5.97. The van der Waals surface area contributed by atoms with Gasteiger partial charge in [-0.1, -0.05) is 18.2 Å². The van der Waals surface area contributed by atoms with Crippen LogP contribution in [-0.4, -0.2) is 28.6 Å². The van der Waals surface area contributed by atoms with Crippen molar-refractivity contribution in [2.45, 2.75) is 31.8 Å². The van der Waals surface area contributed by atoms with E-state index in [0.29, 0.717) is 10.9 Å². The molecule has 1 N–H and O–H groups in total. The monoisotopic (exact) mass is 287 g/mol. The van der Waals surface area contributed by atoms with Crippen molar-refractivity contribution in [3.8, 4) is 0 Å². The Hall–Kier alpha value is -1.39. The Morgan fingerprint density at radius 1 is 1.35 bits per heavy atom. The number of rotatable bonds is 3. The lowest BCUT2D eigenvalue weighted by atomic mass is 10.1. The third-order valence-corrected chi connectivity index (χ3v) is 5.98. The molecule has 1 aromatic heterocycles. The van der Waals surface area contributed by atoms with Gasteiger partial charge in [-0.25, -0.2) is 4.79 Å². The number of thiophene rings is 1. The van der Waals surface area contributed by atoms with Gasteiger partial charge in [0, 0.05) is 23.8 Å². The molecule has 0 spiro atoms. The number of nitrogens with zero attached hydrogens (tertiary/aromatic N) is 1. The number of carbonyl (C=O) groups is 1. The molecule has 2 fully saturated rings. The highest BCUT2D eigenvalue weighted by molar-refractivity contribution is 7.21. The molecule has 2 aromatic rings. The Morgan fingerprint density at radius 3 is 2.90 bits per heavy atom. The standard InChI is InChI=1S/C16H17NO2S/c18-16(19)15-13(12-3-1-2-4-14(12)20-15)9-17-8-10-5-6-11(17)7-10/h1-4,10-11H,5-9H2,(H,18,19). The highest BCUT2D eigenvalue weighted by atomic mass is 32.1. The van der Waals surface area contributed by atoms with Gasteiger partial charge in [0.05, 0.1) is 0 Å². The average molecular weight is 287 g/mol. The molecule has 104 valence electrons. The summed E-state index contributed by atoms with van der Waals surface area (Å²) in [5.74, 6) is 0.0590. The Balaban J connectivity index is 1.74. The summed E-state index contributed by atoms with van der Waals surface area (Å²) in [5, 5.41) is 10.6. The normalized spacial score (nSPS) is 25.6. The summed E-state index contributed by atoms with van der Waals surface area (Å²) in [7, 11) is 0. The van der Waals surface area contributed by atoms with Crippen molar-refractivity contribution in [1.29, 1.82) is 0 Å². The lowest BCUT2D eigenvalue weighted by Crippen LogP contribution is -2.31. The molecule has 2 bridgehead atoms. The second-order valence-corrected chi connectivity index (χ2v) is 7.03. The van der Waals surface area contributed by atoms with Gasteiger partial charge in [-0.3, -0.25) is 4.90 Å². The molecule has 4 heteroatoms. The molecule has 1 aromatic carbocycles. The van der Waals surface area contributed by atoms with Gasteiger partial charge in [0.1, 0.15) is 4.88 Å². The molecule has 20 heavy (non-hydrogen) atoms. The second kappa shape index (κ2) is 4.57. The van der Waals surface area contributed by atoms with E-state index in [4.69, 9.17) is 0 Å². The van der Waals surface area contributed by atoms with Gasteiger partial charge in [-0.2, -0.15) is 0 Å². The Bertz CT molecular complexity index is 678. The van der Waals surface area contributed by atoms with Crippen LogP contribution in [0.25, 0.3) is 10.1 Å². The summed E-state index contributed by atoms with van der Waals surface area (Å²) in [6.45, 7) is 1.95. The largest absolute Gasteiger partial charge is 0.477 e. The first-order valence-electron chi connectivity index (χ1n) is 7.20. The first-order valence-corrected chi connectivity index (χ1v) is 8.02. The minimum atomic E-state index is -0.787. The highest BCUT2D eigenvalue weighted by Crippen LogP contribution is 2.40. The molecular weight excluding hydrogens is 270 g/mol. The van der Waals surface area contributed by atoms with Crippen LogP contribution in [0, 0.1) is 5.92 Å². The van der Waals surface area contributed by atoms with Crippen molar-refractivity contribution < 1.29 is 9.90 Å². The number of piperidine rings is 1. The maximum absolute atomic E-state index is 11.5. The third-order valence-electron chi connectivity index (χ3n) is 4.78. The molecule has 1 saturated carbocycles. The van der Waals surface area contributed by atoms with Crippen LogP contribution in [0.4, 0.5) is 0 Å². The summed E-state index contributed by atoms with van der Waals surface area (Å²) in [6, 6.07) is 8.74. The molecule has 2 atom stereocenters. The summed E-state index contributed by atoms with van der Waals surface area (Å²) in [6.07, 6.45) is 3.96. The molecule has 1 saturated heterocycles. The van der Waals surface area contributed by atoms with Crippen LogP contribution in [0.3, 0.4) is 0 Å². The number of aromatic carboxylic acids is 1. The zero-order valence-electron chi connectivity index (χ0n) is 11.2. The zero-order valence-corrected chi connectivity index (χ0v) is 12.0. The van der Waals surface area contributed by atoms with Crippen LogP contribution in [-0.2, 0) is 6.54 Å². The summed E-state index contributed by atoms with van der Waals surface area (Å²) >= 11 is 1.41. The Kier molecular flexibility index (Phi) is 2.82. The van der Waals surface area contributed by atoms with Crippen LogP contribution in [0.1, 0.15) is 34.5 Å². The first-order chi connectivity index (χ1) is 9.72. The van der Waals surface area contributed by atoms with E-state index in [9.17, 15) is 9.90 Å². The fourth-order valence-electron chi connectivity index (χ4n) is 3.85. The fraction of sp³-hybridized carbons (Fsp3) is 0.438. The third kappa shape index (κ3) is 1.86.